The molecule has 0 aliphatic carbocycles. The number of nitriles is 1. The maximum Gasteiger partial charge on any atom is 0.236 e. The fraction of sp³-hybridized carbons (Fsp3) is 0.444. The monoisotopic (exact) mass is 522 g/mol. The summed E-state index contributed by atoms with van der Waals surface area (Å²) in [5, 5.41) is 13.0. The number of aromatic nitrogens is 1. The standard InChI is InChI=1S/C27H38N4O3Si2/c1-11-34-26-24-23(20-13-12-19(15-28)14-21(20)33-4)22(18(3)30-25(24)17(2)16-29-26)27(32)31(35(5,6)7)36(8,9)10/h12-14,16,23,30H,11H2,1-10H3/t23-/m1/s1. The lowest BCUT2D eigenvalue weighted by Gasteiger charge is -2.46. The molecule has 2 aromatic rings. The summed E-state index contributed by atoms with van der Waals surface area (Å²) in [6, 6.07) is 7.58. The molecule has 3 rings (SSSR count). The van der Waals surface area contributed by atoms with Crippen LogP contribution in [0, 0.1) is 18.3 Å². The van der Waals surface area contributed by atoms with Gasteiger partial charge in [0.1, 0.15) is 22.2 Å². The molecule has 9 heteroatoms. The predicted octanol–water partition coefficient (Wildman–Crippen LogP) is 6.00. The minimum absolute atomic E-state index is 0.0457. The molecular formula is C27H38N4O3Si2. The molecule has 0 spiro atoms. The Balaban J connectivity index is 2.42. The number of nitrogens with one attached hydrogen (secondary N) is 1. The molecule has 0 saturated carbocycles. The van der Waals surface area contributed by atoms with E-state index in [2.05, 4.69) is 59.9 Å². The highest BCUT2D eigenvalue weighted by atomic mass is 28.4. The van der Waals surface area contributed by atoms with Crippen LogP contribution in [-0.2, 0) is 4.79 Å². The molecule has 0 radical (unpaired) electrons. The van der Waals surface area contributed by atoms with E-state index < -0.39 is 22.4 Å². The number of allylic oxidation sites excluding steroid dienone is 1. The van der Waals surface area contributed by atoms with E-state index in [9.17, 15) is 10.1 Å². The van der Waals surface area contributed by atoms with Crippen molar-refractivity contribution in [2.75, 3.05) is 19.0 Å². The number of hydrogen-bond acceptors (Lipinski definition) is 6. The Morgan fingerprint density at radius 1 is 1.17 bits per heavy atom. The fourth-order valence-electron chi connectivity index (χ4n) is 5.26. The number of aryl methyl sites for hydroxylation is 1. The number of amides is 1. The van der Waals surface area contributed by atoms with Crippen LogP contribution in [0.3, 0.4) is 0 Å². The van der Waals surface area contributed by atoms with Gasteiger partial charge in [-0.1, -0.05) is 45.3 Å². The largest absolute Gasteiger partial charge is 0.496 e. The number of hydrogen-bond donors (Lipinski definition) is 1. The van der Waals surface area contributed by atoms with Crippen molar-refractivity contribution in [3.05, 3.63) is 57.9 Å². The lowest BCUT2D eigenvalue weighted by molar-refractivity contribution is -0.120. The van der Waals surface area contributed by atoms with Crippen LogP contribution >= 0.6 is 0 Å². The Bertz CT molecular complexity index is 1240. The van der Waals surface area contributed by atoms with Crippen molar-refractivity contribution in [3.8, 4) is 17.7 Å². The molecule has 1 N–H and O–H groups in total. The van der Waals surface area contributed by atoms with Crippen LogP contribution in [0.4, 0.5) is 5.69 Å². The van der Waals surface area contributed by atoms with Gasteiger partial charge in [-0.05, 0) is 38.5 Å². The molecule has 1 aliphatic heterocycles. The number of benzene rings is 1. The van der Waals surface area contributed by atoms with Gasteiger partial charge >= 0.3 is 0 Å². The third-order valence-corrected chi connectivity index (χ3v) is 13.4. The first-order chi connectivity index (χ1) is 16.8. The summed E-state index contributed by atoms with van der Waals surface area (Å²) in [5.41, 5.74) is 5.46. The minimum atomic E-state index is -2.03. The highest BCUT2D eigenvalue weighted by Gasteiger charge is 2.45. The number of carbonyl (C=O) groups is 1. The van der Waals surface area contributed by atoms with Gasteiger partial charge in [0.05, 0.1) is 42.5 Å². The third-order valence-electron chi connectivity index (χ3n) is 6.29. The first-order valence-electron chi connectivity index (χ1n) is 12.3. The summed E-state index contributed by atoms with van der Waals surface area (Å²) in [7, 11) is -2.48. The van der Waals surface area contributed by atoms with Crippen LogP contribution in [0.5, 0.6) is 11.6 Å². The second-order valence-electron chi connectivity index (χ2n) is 11.1. The summed E-state index contributed by atoms with van der Waals surface area (Å²) >= 11 is 0. The molecule has 0 bridgehead atoms. The van der Waals surface area contributed by atoms with Crippen molar-refractivity contribution in [1.29, 1.82) is 5.26 Å². The highest BCUT2D eigenvalue weighted by Crippen LogP contribution is 2.50. The van der Waals surface area contributed by atoms with Crippen molar-refractivity contribution in [2.24, 2.45) is 0 Å². The number of ether oxygens (including phenoxy) is 2. The van der Waals surface area contributed by atoms with E-state index in [-0.39, 0.29) is 5.91 Å². The van der Waals surface area contributed by atoms with Crippen molar-refractivity contribution in [2.45, 2.75) is 66.0 Å². The predicted molar refractivity (Wildman–Crippen MR) is 150 cm³/mol. The van der Waals surface area contributed by atoms with Crippen LogP contribution in [-0.4, -0.2) is 45.3 Å². The molecule has 192 valence electrons. The van der Waals surface area contributed by atoms with Gasteiger partial charge in [-0.3, -0.25) is 4.79 Å². The van der Waals surface area contributed by atoms with E-state index >= 15 is 0 Å². The maximum absolute atomic E-state index is 14.6. The Labute approximate surface area is 217 Å². The first kappa shape index (κ1) is 27.5. The van der Waals surface area contributed by atoms with Crippen LogP contribution in [0.15, 0.2) is 35.7 Å². The van der Waals surface area contributed by atoms with E-state index in [1.54, 1.807) is 25.4 Å². The first-order valence-corrected chi connectivity index (χ1v) is 19.2. The average molecular weight is 523 g/mol. The Hall–Kier alpha value is -3.10. The van der Waals surface area contributed by atoms with Gasteiger partial charge in [0.25, 0.3) is 0 Å². The van der Waals surface area contributed by atoms with E-state index in [1.165, 1.54) is 0 Å². The van der Waals surface area contributed by atoms with Gasteiger partial charge in [-0.25, -0.2) is 4.98 Å². The van der Waals surface area contributed by atoms with Crippen LogP contribution < -0.4 is 14.8 Å². The Morgan fingerprint density at radius 2 is 1.81 bits per heavy atom. The molecule has 2 heterocycles. The summed E-state index contributed by atoms with van der Waals surface area (Å²) in [6.45, 7) is 19.7. The molecule has 36 heavy (non-hydrogen) atoms. The normalized spacial score (nSPS) is 15.5. The lowest BCUT2D eigenvalue weighted by atomic mass is 9.79. The fourth-order valence-corrected chi connectivity index (χ4v) is 14.8. The second kappa shape index (κ2) is 10.1. The van der Waals surface area contributed by atoms with Gasteiger partial charge in [-0.15, -0.1) is 0 Å². The molecule has 1 aromatic carbocycles. The number of anilines is 1. The van der Waals surface area contributed by atoms with E-state index in [0.717, 1.165) is 28.1 Å². The van der Waals surface area contributed by atoms with E-state index in [0.29, 0.717) is 29.4 Å². The number of methoxy groups -OCH3 is 1. The summed E-state index contributed by atoms with van der Waals surface area (Å²) in [4.78, 5) is 19.2. The molecule has 0 unspecified atom stereocenters. The van der Waals surface area contributed by atoms with Gasteiger partial charge in [0.15, 0.2) is 0 Å². The minimum Gasteiger partial charge on any atom is -0.496 e. The number of fused-ring (bicyclic) bond motifs is 1. The number of nitrogens with zero attached hydrogens (tertiary/aromatic N) is 3. The molecular weight excluding hydrogens is 484 g/mol. The molecule has 1 amide bonds. The van der Waals surface area contributed by atoms with Gasteiger partial charge in [0.2, 0.25) is 11.8 Å². The van der Waals surface area contributed by atoms with Crippen LogP contribution in [0.2, 0.25) is 39.3 Å². The molecule has 0 saturated heterocycles. The summed E-state index contributed by atoms with van der Waals surface area (Å²) in [5.74, 6) is 0.624. The number of rotatable bonds is 7. The van der Waals surface area contributed by atoms with Gasteiger partial charge in [0, 0.05) is 23.0 Å². The quantitative estimate of drug-likeness (QED) is 0.449. The van der Waals surface area contributed by atoms with E-state index in [4.69, 9.17) is 9.47 Å². The topological polar surface area (TPSA) is 87.5 Å². The van der Waals surface area contributed by atoms with E-state index in [1.807, 2.05) is 26.8 Å². The Morgan fingerprint density at radius 3 is 2.33 bits per heavy atom. The molecule has 1 aliphatic rings. The van der Waals surface area contributed by atoms with Crippen molar-refractivity contribution < 1.29 is 14.3 Å². The SMILES string of the molecule is CCOc1ncc(C)c2c1[C@H](c1ccc(C#N)cc1OC)C(C(=O)N([Si](C)(C)C)[Si](C)(C)C)=C(C)N2. The molecule has 0 fully saturated rings. The van der Waals surface area contributed by atoms with Crippen molar-refractivity contribution >= 4 is 28.1 Å². The zero-order valence-corrected chi connectivity index (χ0v) is 25.2. The summed E-state index contributed by atoms with van der Waals surface area (Å²) in [6.07, 6.45) is 1.79. The molecule has 1 aromatic heterocycles. The third kappa shape index (κ3) is 5.06. The highest BCUT2D eigenvalue weighted by molar-refractivity contribution is 6.92. The average Bonchev–Trinajstić information content (AvgIpc) is 2.78. The number of carbonyl (C=O) groups excluding carboxylic acids is 1. The van der Waals surface area contributed by atoms with Crippen LogP contribution in [0.1, 0.15) is 42.0 Å². The number of pyridine rings is 1. The molecule has 1 atom stereocenters. The maximum atomic E-state index is 14.6. The summed E-state index contributed by atoms with van der Waals surface area (Å²) < 4.78 is 14.0. The van der Waals surface area contributed by atoms with Crippen molar-refractivity contribution in [1.82, 2.24) is 9.22 Å². The lowest BCUT2D eigenvalue weighted by Crippen LogP contribution is -2.62. The zero-order valence-electron chi connectivity index (χ0n) is 23.2. The Kier molecular flexibility index (Phi) is 7.72. The van der Waals surface area contributed by atoms with Crippen molar-refractivity contribution in [3.63, 3.8) is 0 Å². The second-order valence-corrected chi connectivity index (χ2v) is 21.1. The van der Waals surface area contributed by atoms with Gasteiger partial charge in [-0.2, -0.15) is 5.26 Å². The smallest absolute Gasteiger partial charge is 0.236 e. The zero-order chi connectivity index (χ0) is 27.0. The molecule has 7 nitrogen and oxygen atoms in total. The van der Waals surface area contributed by atoms with Gasteiger partial charge < -0.3 is 19.0 Å². The van der Waals surface area contributed by atoms with Crippen LogP contribution in [0.25, 0.3) is 0 Å².